The molecule has 0 bridgehead atoms. The largest absolute Gasteiger partial charge is 0.397 e. The smallest absolute Gasteiger partial charge is 0.326 e. The highest BCUT2D eigenvalue weighted by Gasteiger charge is 2.31. The van der Waals surface area contributed by atoms with Gasteiger partial charge in [-0.2, -0.15) is 13.2 Å². The van der Waals surface area contributed by atoms with Gasteiger partial charge in [-0.25, -0.2) is 9.07 Å². The van der Waals surface area contributed by atoms with Crippen LogP contribution >= 0.6 is 0 Å². The van der Waals surface area contributed by atoms with Crippen molar-refractivity contribution in [2.45, 2.75) is 32.5 Å². The molecule has 0 saturated heterocycles. The lowest BCUT2D eigenvalue weighted by Gasteiger charge is -2.10. The van der Waals surface area contributed by atoms with E-state index in [-0.39, 0.29) is 23.1 Å². The first kappa shape index (κ1) is 16.8. The first-order valence-electron chi connectivity index (χ1n) is 6.62. The molecule has 2 aromatic rings. The SMILES string of the molecule is CC(C)n1nnnc1-c1ccc(NC(=O)CC(F)(F)F)cc1F. The Balaban J connectivity index is 2.21. The van der Waals surface area contributed by atoms with Crippen molar-refractivity contribution in [2.24, 2.45) is 0 Å². The Morgan fingerprint density at radius 3 is 2.61 bits per heavy atom. The van der Waals surface area contributed by atoms with Crippen molar-refractivity contribution in [1.29, 1.82) is 0 Å². The van der Waals surface area contributed by atoms with E-state index in [4.69, 9.17) is 0 Å². The van der Waals surface area contributed by atoms with E-state index in [1.54, 1.807) is 0 Å². The molecule has 23 heavy (non-hydrogen) atoms. The number of carbonyl (C=O) groups is 1. The fourth-order valence-corrected chi connectivity index (χ4v) is 1.88. The van der Waals surface area contributed by atoms with E-state index in [0.29, 0.717) is 0 Å². The second kappa shape index (κ2) is 6.31. The van der Waals surface area contributed by atoms with Crippen molar-refractivity contribution < 1.29 is 22.4 Å². The number of halogens is 4. The number of aromatic nitrogens is 4. The summed E-state index contributed by atoms with van der Waals surface area (Å²) in [6.07, 6.45) is -6.26. The van der Waals surface area contributed by atoms with E-state index < -0.39 is 24.3 Å². The van der Waals surface area contributed by atoms with Gasteiger partial charge in [0.1, 0.15) is 12.2 Å². The number of nitrogens with one attached hydrogen (secondary N) is 1. The minimum Gasteiger partial charge on any atom is -0.326 e. The molecule has 1 amide bonds. The molecule has 0 aliphatic rings. The van der Waals surface area contributed by atoms with Crippen molar-refractivity contribution >= 4 is 11.6 Å². The quantitative estimate of drug-likeness (QED) is 0.874. The third kappa shape index (κ3) is 4.24. The minimum atomic E-state index is -4.62. The van der Waals surface area contributed by atoms with Gasteiger partial charge in [-0.3, -0.25) is 4.79 Å². The maximum atomic E-state index is 14.2. The number of hydrogen-bond donors (Lipinski definition) is 1. The predicted molar refractivity (Wildman–Crippen MR) is 72.9 cm³/mol. The van der Waals surface area contributed by atoms with Crippen molar-refractivity contribution in [3.05, 3.63) is 24.0 Å². The zero-order chi connectivity index (χ0) is 17.2. The van der Waals surface area contributed by atoms with Crippen LogP contribution in [0.15, 0.2) is 18.2 Å². The lowest BCUT2D eigenvalue weighted by atomic mass is 10.1. The summed E-state index contributed by atoms with van der Waals surface area (Å²) in [7, 11) is 0. The average Bonchev–Trinajstić information content (AvgIpc) is 2.85. The van der Waals surface area contributed by atoms with Gasteiger partial charge in [0.2, 0.25) is 5.91 Å². The molecule has 124 valence electrons. The van der Waals surface area contributed by atoms with Crippen LogP contribution < -0.4 is 5.32 Å². The monoisotopic (exact) mass is 331 g/mol. The first-order chi connectivity index (χ1) is 10.7. The molecular weight excluding hydrogens is 318 g/mol. The molecule has 0 unspecified atom stereocenters. The van der Waals surface area contributed by atoms with E-state index in [9.17, 15) is 22.4 Å². The highest BCUT2D eigenvalue weighted by atomic mass is 19.4. The standard InChI is InChI=1S/C13H13F4N5O/c1-7(2)22-12(19-20-21-22)9-4-3-8(5-10(9)14)18-11(23)6-13(15,16)17/h3-5,7H,6H2,1-2H3,(H,18,23). The number of amides is 1. The summed E-state index contributed by atoms with van der Waals surface area (Å²) < 4.78 is 51.9. The number of nitrogens with zero attached hydrogens (tertiary/aromatic N) is 4. The van der Waals surface area contributed by atoms with Gasteiger partial charge in [0.05, 0.1) is 11.6 Å². The van der Waals surface area contributed by atoms with Crippen molar-refractivity contribution in [2.75, 3.05) is 5.32 Å². The second-order valence-electron chi connectivity index (χ2n) is 5.08. The van der Waals surface area contributed by atoms with Gasteiger partial charge < -0.3 is 5.32 Å². The fourth-order valence-electron chi connectivity index (χ4n) is 1.88. The molecule has 0 spiro atoms. The lowest BCUT2D eigenvalue weighted by molar-refractivity contribution is -0.150. The first-order valence-corrected chi connectivity index (χ1v) is 6.62. The van der Waals surface area contributed by atoms with Crippen LogP contribution in [0.2, 0.25) is 0 Å². The number of carbonyl (C=O) groups excluding carboxylic acids is 1. The molecule has 0 radical (unpaired) electrons. The summed E-state index contributed by atoms with van der Waals surface area (Å²) in [6.45, 7) is 3.62. The van der Waals surface area contributed by atoms with Gasteiger partial charge in [0.15, 0.2) is 5.82 Å². The topological polar surface area (TPSA) is 72.7 Å². The molecule has 0 aliphatic carbocycles. The molecule has 6 nitrogen and oxygen atoms in total. The molecule has 0 aliphatic heterocycles. The molecule has 1 aromatic heterocycles. The van der Waals surface area contributed by atoms with Crippen LogP contribution in [-0.2, 0) is 4.79 Å². The fraction of sp³-hybridized carbons (Fsp3) is 0.385. The molecule has 0 saturated carbocycles. The molecule has 1 heterocycles. The van der Waals surface area contributed by atoms with E-state index in [2.05, 4.69) is 15.5 Å². The normalized spacial score (nSPS) is 11.8. The predicted octanol–water partition coefficient (Wildman–Crippen LogP) is 2.95. The molecule has 1 aromatic carbocycles. The van der Waals surface area contributed by atoms with E-state index >= 15 is 0 Å². The number of anilines is 1. The Labute approximate surface area is 128 Å². The van der Waals surface area contributed by atoms with Crippen molar-refractivity contribution in [3.8, 4) is 11.4 Å². The van der Waals surface area contributed by atoms with Gasteiger partial charge in [0.25, 0.3) is 0 Å². The summed E-state index contributed by atoms with van der Waals surface area (Å²) >= 11 is 0. The molecular formula is C13H13F4N5O. The van der Waals surface area contributed by atoms with Gasteiger partial charge in [0, 0.05) is 5.69 Å². The summed E-state index contributed by atoms with van der Waals surface area (Å²) in [5.74, 6) is -1.84. The highest BCUT2D eigenvalue weighted by molar-refractivity contribution is 5.91. The lowest BCUT2D eigenvalue weighted by Crippen LogP contribution is -2.21. The number of hydrogen-bond acceptors (Lipinski definition) is 4. The number of rotatable bonds is 4. The molecule has 0 atom stereocenters. The van der Waals surface area contributed by atoms with Gasteiger partial charge in [-0.15, -0.1) is 5.10 Å². The van der Waals surface area contributed by atoms with Crippen LogP contribution in [0.3, 0.4) is 0 Å². The Hall–Kier alpha value is -2.52. The minimum absolute atomic E-state index is 0.0796. The van der Waals surface area contributed by atoms with Gasteiger partial charge >= 0.3 is 6.18 Å². The highest BCUT2D eigenvalue weighted by Crippen LogP contribution is 2.26. The number of benzene rings is 1. The maximum absolute atomic E-state index is 14.2. The van der Waals surface area contributed by atoms with Crippen LogP contribution in [-0.4, -0.2) is 32.3 Å². The molecule has 2 rings (SSSR count). The summed E-state index contributed by atoms with van der Waals surface area (Å²) in [5.41, 5.74) is 0.00147. The maximum Gasteiger partial charge on any atom is 0.397 e. The second-order valence-corrected chi connectivity index (χ2v) is 5.08. The average molecular weight is 331 g/mol. The third-order valence-electron chi connectivity index (χ3n) is 2.84. The summed E-state index contributed by atoms with van der Waals surface area (Å²) in [5, 5.41) is 12.9. The third-order valence-corrected chi connectivity index (χ3v) is 2.84. The van der Waals surface area contributed by atoms with Crippen LogP contribution in [0.5, 0.6) is 0 Å². The van der Waals surface area contributed by atoms with Crippen molar-refractivity contribution in [1.82, 2.24) is 20.2 Å². The Kier molecular flexibility index (Phi) is 4.62. The molecule has 1 N–H and O–H groups in total. The number of tetrazole rings is 1. The van der Waals surface area contributed by atoms with Gasteiger partial charge in [-0.05, 0) is 42.5 Å². The van der Waals surface area contributed by atoms with Crippen LogP contribution in [0.4, 0.5) is 23.2 Å². The van der Waals surface area contributed by atoms with E-state index in [1.165, 1.54) is 16.8 Å². The van der Waals surface area contributed by atoms with Crippen LogP contribution in [0.1, 0.15) is 26.3 Å². The van der Waals surface area contributed by atoms with Crippen LogP contribution in [0.25, 0.3) is 11.4 Å². The zero-order valence-corrected chi connectivity index (χ0v) is 12.2. The molecule has 10 heteroatoms. The zero-order valence-electron chi connectivity index (χ0n) is 12.2. The molecule has 0 fully saturated rings. The summed E-state index contributed by atoms with van der Waals surface area (Å²) in [4.78, 5) is 11.2. The Morgan fingerprint density at radius 2 is 2.04 bits per heavy atom. The Bertz CT molecular complexity index is 711. The Morgan fingerprint density at radius 1 is 1.35 bits per heavy atom. The van der Waals surface area contributed by atoms with E-state index in [1.807, 2.05) is 19.2 Å². The summed E-state index contributed by atoms with van der Waals surface area (Å²) in [6, 6.07) is 3.39. The van der Waals surface area contributed by atoms with Crippen molar-refractivity contribution in [3.63, 3.8) is 0 Å². The van der Waals surface area contributed by atoms with Crippen LogP contribution in [0, 0.1) is 5.82 Å². The van der Waals surface area contributed by atoms with Gasteiger partial charge in [-0.1, -0.05) is 0 Å². The number of alkyl halides is 3. The van der Waals surface area contributed by atoms with E-state index in [0.717, 1.165) is 6.07 Å².